The van der Waals surface area contributed by atoms with Gasteiger partial charge in [0.15, 0.2) is 0 Å². The van der Waals surface area contributed by atoms with Gasteiger partial charge in [0.1, 0.15) is 12.1 Å². The molecule has 0 aliphatic carbocycles. The number of carbonyl (C=O) groups is 3. The Bertz CT molecular complexity index is 955. The van der Waals surface area contributed by atoms with E-state index in [2.05, 4.69) is 22.9 Å². The maximum absolute atomic E-state index is 13.4. The number of hydrogen-bond acceptors (Lipinski definition) is 5. The highest BCUT2D eigenvalue weighted by Crippen LogP contribution is 2.30. The average Bonchev–Trinajstić information content (AvgIpc) is 3.22. The minimum absolute atomic E-state index is 0.00932. The Morgan fingerprint density at radius 1 is 1.15 bits per heavy atom. The van der Waals surface area contributed by atoms with E-state index in [4.69, 9.17) is 0 Å². The summed E-state index contributed by atoms with van der Waals surface area (Å²) < 4.78 is 0. The van der Waals surface area contributed by atoms with Gasteiger partial charge in [-0.05, 0) is 41.9 Å². The number of pyridine rings is 1. The number of benzene rings is 1. The van der Waals surface area contributed by atoms with Crippen LogP contribution in [-0.2, 0) is 27.2 Å². The molecule has 0 spiro atoms. The van der Waals surface area contributed by atoms with Crippen LogP contribution in [0.5, 0.6) is 0 Å². The molecule has 4 unspecified atom stereocenters. The Kier molecular flexibility index (Phi) is 8.49. The van der Waals surface area contributed by atoms with Gasteiger partial charge >= 0.3 is 5.97 Å². The summed E-state index contributed by atoms with van der Waals surface area (Å²) in [7, 11) is 0. The van der Waals surface area contributed by atoms with Crippen molar-refractivity contribution >= 4 is 30.4 Å². The van der Waals surface area contributed by atoms with Crippen molar-refractivity contribution in [2.24, 2.45) is 11.8 Å². The first-order valence-corrected chi connectivity index (χ1v) is 11.7. The number of aromatic nitrogens is 1. The van der Waals surface area contributed by atoms with Crippen molar-refractivity contribution < 1.29 is 19.5 Å². The molecule has 1 aliphatic heterocycles. The number of rotatable bonds is 9. The quantitative estimate of drug-likeness (QED) is 0.490. The van der Waals surface area contributed by atoms with E-state index in [9.17, 15) is 19.5 Å². The summed E-state index contributed by atoms with van der Waals surface area (Å²) in [6.07, 6.45) is 4.59. The maximum atomic E-state index is 13.4. The lowest BCUT2D eigenvalue weighted by Gasteiger charge is -2.31. The molecule has 7 nitrogen and oxygen atoms in total. The largest absolute Gasteiger partial charge is 0.480 e. The molecule has 176 valence electrons. The fourth-order valence-electron chi connectivity index (χ4n) is 4.26. The van der Waals surface area contributed by atoms with E-state index in [0.29, 0.717) is 24.9 Å². The summed E-state index contributed by atoms with van der Waals surface area (Å²) in [5.74, 6) is -1.87. The fourth-order valence-corrected chi connectivity index (χ4v) is 4.40. The Balaban J connectivity index is 1.83. The number of aliphatic carboxylic acids is 1. The van der Waals surface area contributed by atoms with Gasteiger partial charge in [0.2, 0.25) is 11.8 Å². The van der Waals surface area contributed by atoms with Crippen LogP contribution in [0.2, 0.25) is 0 Å². The molecule has 4 atom stereocenters. The third kappa shape index (κ3) is 6.35. The van der Waals surface area contributed by atoms with E-state index in [1.807, 2.05) is 44.2 Å². The fraction of sp³-hybridized carbons (Fsp3) is 0.440. The van der Waals surface area contributed by atoms with Gasteiger partial charge in [-0.3, -0.25) is 14.6 Å². The monoisotopic (exact) mass is 469 g/mol. The first-order valence-electron chi connectivity index (χ1n) is 11.2. The number of carbonyl (C=O) groups excluding carboxylic acids is 2. The molecule has 2 heterocycles. The number of thiol groups is 1. The van der Waals surface area contributed by atoms with Crippen molar-refractivity contribution in [2.45, 2.75) is 50.4 Å². The number of hydrogen-bond donors (Lipinski definition) is 3. The predicted molar refractivity (Wildman–Crippen MR) is 129 cm³/mol. The molecular formula is C25H31N3O4S. The van der Waals surface area contributed by atoms with Crippen LogP contribution in [0.3, 0.4) is 0 Å². The van der Waals surface area contributed by atoms with E-state index in [0.717, 1.165) is 5.56 Å². The predicted octanol–water partition coefficient (Wildman–Crippen LogP) is 2.61. The van der Waals surface area contributed by atoms with Gasteiger partial charge < -0.3 is 15.3 Å². The molecule has 1 aromatic carbocycles. The van der Waals surface area contributed by atoms with Gasteiger partial charge in [0.05, 0.1) is 5.25 Å². The van der Waals surface area contributed by atoms with E-state index in [1.54, 1.807) is 29.4 Å². The Morgan fingerprint density at radius 3 is 2.45 bits per heavy atom. The molecule has 8 heteroatoms. The molecule has 2 aromatic rings. The molecule has 33 heavy (non-hydrogen) atoms. The van der Waals surface area contributed by atoms with Crippen molar-refractivity contribution in [3.63, 3.8) is 0 Å². The summed E-state index contributed by atoms with van der Waals surface area (Å²) in [5, 5.41) is 11.9. The van der Waals surface area contributed by atoms with Gasteiger partial charge in [-0.2, -0.15) is 12.6 Å². The van der Waals surface area contributed by atoms with E-state index in [1.165, 1.54) is 0 Å². The minimum Gasteiger partial charge on any atom is -0.480 e. The van der Waals surface area contributed by atoms with Crippen LogP contribution in [0, 0.1) is 11.8 Å². The number of nitrogens with zero attached hydrogens (tertiary/aromatic N) is 2. The zero-order valence-electron chi connectivity index (χ0n) is 18.9. The van der Waals surface area contributed by atoms with Crippen LogP contribution in [0.25, 0.3) is 0 Å². The second-order valence-corrected chi connectivity index (χ2v) is 9.42. The summed E-state index contributed by atoms with van der Waals surface area (Å²) in [6.45, 7) is 4.27. The van der Waals surface area contributed by atoms with Crippen molar-refractivity contribution in [3.8, 4) is 0 Å². The van der Waals surface area contributed by atoms with Crippen LogP contribution >= 0.6 is 12.6 Å². The number of nitrogens with one attached hydrogen (secondary N) is 1. The smallest absolute Gasteiger partial charge is 0.326 e. The standard InChI is InChI=1S/C25H31N3O4S/c1-16(2)22(33)24(30)28-12-10-19(13-17-7-4-3-5-8-17)21(28)23(29)27-20(25(31)32)14-18-9-6-11-26-15-18/h3-9,11,15-16,19-22,33H,10,12-14H2,1-2H3,(H,27,29)(H,31,32). The molecule has 0 radical (unpaired) electrons. The van der Waals surface area contributed by atoms with Gasteiger partial charge in [-0.25, -0.2) is 4.79 Å². The summed E-state index contributed by atoms with van der Waals surface area (Å²) >= 11 is 4.48. The van der Waals surface area contributed by atoms with Crippen LogP contribution in [0.15, 0.2) is 54.9 Å². The molecule has 2 N–H and O–H groups in total. The van der Waals surface area contributed by atoms with Crippen molar-refractivity contribution in [2.75, 3.05) is 6.54 Å². The third-order valence-electron chi connectivity index (χ3n) is 6.08. The summed E-state index contributed by atoms with van der Waals surface area (Å²) in [4.78, 5) is 44.1. The van der Waals surface area contributed by atoms with Crippen LogP contribution in [0.4, 0.5) is 0 Å². The number of carboxylic acid groups (broad SMARTS) is 1. The Hall–Kier alpha value is -2.87. The van der Waals surface area contributed by atoms with Crippen LogP contribution < -0.4 is 5.32 Å². The highest BCUT2D eigenvalue weighted by molar-refractivity contribution is 7.81. The van der Waals surface area contributed by atoms with E-state index >= 15 is 0 Å². The molecule has 3 rings (SSSR count). The highest BCUT2D eigenvalue weighted by Gasteiger charge is 2.44. The lowest BCUT2D eigenvalue weighted by atomic mass is 9.91. The zero-order valence-corrected chi connectivity index (χ0v) is 19.8. The average molecular weight is 470 g/mol. The molecule has 2 amide bonds. The van der Waals surface area contributed by atoms with Gasteiger partial charge in [-0.1, -0.05) is 50.2 Å². The van der Waals surface area contributed by atoms with Crippen LogP contribution in [-0.4, -0.2) is 56.7 Å². The first-order chi connectivity index (χ1) is 15.8. The van der Waals surface area contributed by atoms with Crippen molar-refractivity contribution in [1.29, 1.82) is 0 Å². The highest BCUT2D eigenvalue weighted by atomic mass is 32.1. The van der Waals surface area contributed by atoms with Crippen molar-refractivity contribution in [1.82, 2.24) is 15.2 Å². The molecule has 0 bridgehead atoms. The second-order valence-electron chi connectivity index (χ2n) is 8.87. The molecular weight excluding hydrogens is 438 g/mol. The Morgan fingerprint density at radius 2 is 1.85 bits per heavy atom. The number of likely N-dealkylation sites (tertiary alicyclic amines) is 1. The van der Waals surface area contributed by atoms with Crippen molar-refractivity contribution in [3.05, 3.63) is 66.0 Å². The molecule has 1 saturated heterocycles. The normalized spacial score (nSPS) is 19.8. The Labute approximate surface area is 200 Å². The number of carboxylic acids is 1. The van der Waals surface area contributed by atoms with Crippen LogP contribution in [0.1, 0.15) is 31.4 Å². The molecule has 1 fully saturated rings. The third-order valence-corrected chi connectivity index (χ3v) is 6.89. The topological polar surface area (TPSA) is 99.6 Å². The lowest BCUT2D eigenvalue weighted by molar-refractivity contribution is -0.144. The van der Waals surface area contributed by atoms with E-state index < -0.39 is 29.2 Å². The van der Waals surface area contributed by atoms with E-state index in [-0.39, 0.29) is 24.2 Å². The maximum Gasteiger partial charge on any atom is 0.326 e. The minimum atomic E-state index is -1.13. The number of amides is 2. The summed E-state index contributed by atoms with van der Waals surface area (Å²) in [5.41, 5.74) is 1.78. The molecule has 1 aliphatic rings. The second kappa shape index (κ2) is 11.3. The molecule has 0 saturated carbocycles. The summed E-state index contributed by atoms with van der Waals surface area (Å²) in [6, 6.07) is 11.4. The van der Waals surface area contributed by atoms with Gasteiger partial charge in [0.25, 0.3) is 0 Å². The molecule has 1 aromatic heterocycles. The SMILES string of the molecule is CC(C)C(S)C(=O)N1CCC(Cc2ccccc2)C1C(=O)NC(Cc1cccnc1)C(=O)O. The zero-order chi connectivity index (χ0) is 24.0. The van der Waals surface area contributed by atoms with Gasteiger partial charge in [-0.15, -0.1) is 0 Å². The first kappa shape index (κ1) is 24.8. The van der Waals surface area contributed by atoms with Gasteiger partial charge in [0, 0.05) is 25.4 Å². The lowest BCUT2D eigenvalue weighted by Crippen LogP contribution is -2.55.